The van der Waals surface area contributed by atoms with Crippen molar-refractivity contribution in [1.29, 1.82) is 5.41 Å². The Labute approximate surface area is 116 Å². The molecule has 0 heterocycles. The van der Waals surface area contributed by atoms with Crippen LogP contribution in [0, 0.1) is 11.2 Å². The number of benzene rings is 2. The minimum absolute atomic E-state index is 0.150. The maximum Gasteiger partial charge on any atom is 0.165 e. The van der Waals surface area contributed by atoms with Crippen LogP contribution in [0.1, 0.15) is 22.6 Å². The summed E-state index contributed by atoms with van der Waals surface area (Å²) >= 11 is 0. The van der Waals surface area contributed by atoms with E-state index in [9.17, 15) is 4.39 Å². The molecule has 0 bridgehead atoms. The Morgan fingerprint density at radius 2 is 2.10 bits per heavy atom. The molecular weight excluding hydrogens is 255 g/mol. The fourth-order valence-corrected chi connectivity index (χ4v) is 2.49. The highest BCUT2D eigenvalue weighted by atomic mass is 19.1. The van der Waals surface area contributed by atoms with Gasteiger partial charge in [0, 0.05) is 11.5 Å². The summed E-state index contributed by atoms with van der Waals surface area (Å²) in [6.45, 7) is 0.466. The summed E-state index contributed by atoms with van der Waals surface area (Å²) in [4.78, 5) is 0. The maximum atomic E-state index is 13.8. The number of nitrogens with two attached hydrogens (primary N) is 1. The summed E-state index contributed by atoms with van der Waals surface area (Å²) in [6.07, 6.45) is 0.976. The summed E-state index contributed by atoms with van der Waals surface area (Å²) in [5, 5.41) is 7.26. The van der Waals surface area contributed by atoms with Crippen LogP contribution in [0.15, 0.2) is 42.5 Å². The molecule has 2 aromatic carbocycles. The van der Waals surface area contributed by atoms with E-state index in [0.29, 0.717) is 18.1 Å². The second-order valence-electron chi connectivity index (χ2n) is 4.97. The van der Waals surface area contributed by atoms with E-state index in [0.717, 1.165) is 6.42 Å². The maximum absolute atomic E-state index is 13.8. The molecule has 0 aliphatic heterocycles. The molecule has 0 amide bonds. The van der Waals surface area contributed by atoms with Gasteiger partial charge in [-0.15, -0.1) is 0 Å². The van der Waals surface area contributed by atoms with Crippen LogP contribution >= 0.6 is 0 Å². The highest BCUT2D eigenvalue weighted by Crippen LogP contribution is 2.35. The van der Waals surface area contributed by atoms with Crippen molar-refractivity contribution in [3.05, 3.63) is 65.0 Å². The number of fused-ring (bicyclic) bond motifs is 1. The van der Waals surface area contributed by atoms with Crippen LogP contribution < -0.4 is 10.5 Å². The summed E-state index contributed by atoms with van der Waals surface area (Å²) in [6, 6.07) is 12.6. The molecule has 3 N–H and O–H groups in total. The van der Waals surface area contributed by atoms with Gasteiger partial charge in [0.25, 0.3) is 0 Å². The van der Waals surface area contributed by atoms with Crippen LogP contribution in [-0.4, -0.2) is 12.4 Å². The molecule has 102 valence electrons. The summed E-state index contributed by atoms with van der Waals surface area (Å²) in [5.74, 6) is -0.0915. The smallest absolute Gasteiger partial charge is 0.165 e. The van der Waals surface area contributed by atoms with Crippen molar-refractivity contribution in [3.8, 4) is 5.75 Å². The predicted octanol–water partition coefficient (Wildman–Crippen LogP) is 2.83. The Kier molecular flexibility index (Phi) is 3.14. The van der Waals surface area contributed by atoms with Crippen molar-refractivity contribution >= 4 is 5.84 Å². The third-order valence-corrected chi connectivity index (χ3v) is 3.64. The molecule has 0 saturated carbocycles. The zero-order chi connectivity index (χ0) is 14.1. The van der Waals surface area contributed by atoms with E-state index in [4.69, 9.17) is 15.9 Å². The largest absolute Gasteiger partial charge is 0.490 e. The van der Waals surface area contributed by atoms with Gasteiger partial charge in [0.15, 0.2) is 11.6 Å². The lowest BCUT2D eigenvalue weighted by Crippen LogP contribution is -2.23. The van der Waals surface area contributed by atoms with Crippen LogP contribution in [0.3, 0.4) is 0 Å². The first-order valence-corrected chi connectivity index (χ1v) is 6.49. The Morgan fingerprint density at radius 3 is 2.80 bits per heavy atom. The first kappa shape index (κ1) is 12.7. The number of amidine groups is 1. The first-order valence-electron chi connectivity index (χ1n) is 6.49. The molecule has 1 aliphatic carbocycles. The molecule has 4 heteroatoms. The van der Waals surface area contributed by atoms with Gasteiger partial charge in [-0.3, -0.25) is 5.41 Å². The number of ether oxygens (including phenoxy) is 1. The van der Waals surface area contributed by atoms with E-state index < -0.39 is 5.82 Å². The number of hydrogen-bond acceptors (Lipinski definition) is 2. The quantitative estimate of drug-likeness (QED) is 0.663. The lowest BCUT2D eigenvalue weighted by atomic mass is 9.78. The monoisotopic (exact) mass is 270 g/mol. The highest BCUT2D eigenvalue weighted by molar-refractivity contribution is 5.95. The topological polar surface area (TPSA) is 59.1 Å². The van der Waals surface area contributed by atoms with E-state index in [-0.39, 0.29) is 11.6 Å². The van der Waals surface area contributed by atoms with Crippen molar-refractivity contribution < 1.29 is 9.13 Å². The number of hydrogen-bond donors (Lipinski definition) is 2. The molecule has 0 aromatic heterocycles. The molecule has 2 aromatic rings. The van der Waals surface area contributed by atoms with Crippen molar-refractivity contribution in [3.63, 3.8) is 0 Å². The molecule has 3 rings (SSSR count). The van der Waals surface area contributed by atoms with Crippen LogP contribution in [-0.2, 0) is 6.42 Å². The third-order valence-electron chi connectivity index (χ3n) is 3.64. The lowest BCUT2D eigenvalue weighted by molar-refractivity contribution is 0.263. The van der Waals surface area contributed by atoms with Crippen molar-refractivity contribution in [2.45, 2.75) is 12.3 Å². The number of rotatable bonds is 4. The molecule has 0 spiro atoms. The van der Waals surface area contributed by atoms with Gasteiger partial charge in [-0.05, 0) is 35.7 Å². The second kappa shape index (κ2) is 4.96. The average molecular weight is 270 g/mol. The van der Waals surface area contributed by atoms with Gasteiger partial charge in [0.1, 0.15) is 5.84 Å². The average Bonchev–Trinajstić information content (AvgIpc) is 2.41. The molecule has 1 aliphatic rings. The van der Waals surface area contributed by atoms with Gasteiger partial charge in [-0.25, -0.2) is 4.39 Å². The van der Waals surface area contributed by atoms with Gasteiger partial charge in [-0.1, -0.05) is 24.3 Å². The van der Waals surface area contributed by atoms with E-state index >= 15 is 0 Å². The van der Waals surface area contributed by atoms with E-state index in [1.54, 1.807) is 6.07 Å². The summed E-state index contributed by atoms with van der Waals surface area (Å²) in [7, 11) is 0. The summed E-state index contributed by atoms with van der Waals surface area (Å²) in [5.41, 5.74) is 8.31. The SMILES string of the molecule is N=C(N)c1ccc(OCC2Cc3ccccc32)c(F)c1. The van der Waals surface area contributed by atoms with Crippen molar-refractivity contribution in [2.75, 3.05) is 6.61 Å². The fourth-order valence-electron chi connectivity index (χ4n) is 2.49. The van der Waals surface area contributed by atoms with E-state index in [1.165, 1.54) is 23.3 Å². The molecule has 0 saturated heterocycles. The van der Waals surface area contributed by atoms with Gasteiger partial charge in [0.05, 0.1) is 6.61 Å². The Morgan fingerprint density at radius 1 is 1.30 bits per heavy atom. The van der Waals surface area contributed by atoms with Crippen LogP contribution in [0.4, 0.5) is 4.39 Å². The number of nitrogen functional groups attached to an aromatic ring is 1. The highest BCUT2D eigenvalue weighted by Gasteiger charge is 2.26. The molecule has 1 unspecified atom stereocenters. The molecule has 3 nitrogen and oxygen atoms in total. The summed E-state index contributed by atoms with van der Waals surface area (Å²) < 4.78 is 19.3. The van der Waals surface area contributed by atoms with Crippen LogP contribution in [0.25, 0.3) is 0 Å². The minimum atomic E-state index is -0.481. The third kappa shape index (κ3) is 2.25. The Bertz CT molecular complexity index is 669. The zero-order valence-electron chi connectivity index (χ0n) is 10.9. The molecule has 0 radical (unpaired) electrons. The molecule has 20 heavy (non-hydrogen) atoms. The predicted molar refractivity (Wildman–Crippen MR) is 75.8 cm³/mol. The standard InChI is InChI=1S/C16H15FN2O/c17-14-8-11(16(18)19)5-6-15(14)20-9-12-7-10-3-1-2-4-13(10)12/h1-6,8,12H,7,9H2,(H3,18,19). The van der Waals surface area contributed by atoms with Gasteiger partial charge in [0.2, 0.25) is 0 Å². The molecule has 0 fully saturated rings. The normalized spacial score (nSPS) is 16.1. The van der Waals surface area contributed by atoms with E-state index in [2.05, 4.69) is 12.1 Å². The number of nitrogens with one attached hydrogen (secondary N) is 1. The first-order chi connectivity index (χ1) is 9.65. The fraction of sp³-hybridized carbons (Fsp3) is 0.188. The van der Waals surface area contributed by atoms with Crippen LogP contribution in [0.2, 0.25) is 0 Å². The Hall–Kier alpha value is -2.36. The molecule has 1 atom stereocenters. The van der Waals surface area contributed by atoms with Gasteiger partial charge in [-0.2, -0.15) is 0 Å². The minimum Gasteiger partial charge on any atom is -0.490 e. The zero-order valence-corrected chi connectivity index (χ0v) is 10.9. The van der Waals surface area contributed by atoms with Gasteiger partial charge >= 0.3 is 0 Å². The Balaban J connectivity index is 1.67. The van der Waals surface area contributed by atoms with Crippen molar-refractivity contribution in [1.82, 2.24) is 0 Å². The lowest BCUT2D eigenvalue weighted by Gasteiger charge is -2.29. The van der Waals surface area contributed by atoms with Crippen LogP contribution in [0.5, 0.6) is 5.75 Å². The molecular formula is C16H15FN2O. The van der Waals surface area contributed by atoms with Crippen molar-refractivity contribution in [2.24, 2.45) is 5.73 Å². The van der Waals surface area contributed by atoms with Gasteiger partial charge < -0.3 is 10.5 Å². The second-order valence-corrected chi connectivity index (χ2v) is 4.97. The van der Waals surface area contributed by atoms with E-state index in [1.807, 2.05) is 12.1 Å². The number of halogens is 1.